The van der Waals surface area contributed by atoms with Crippen LogP contribution in [0.1, 0.15) is 11.1 Å². The lowest BCUT2D eigenvalue weighted by Crippen LogP contribution is -2.26. The van der Waals surface area contributed by atoms with Crippen molar-refractivity contribution in [2.24, 2.45) is 5.73 Å². The Morgan fingerprint density at radius 2 is 1.55 bits per heavy atom. The molecule has 0 heterocycles. The molecular formula is C15H13Cl2F2N. The number of benzene rings is 2. The van der Waals surface area contributed by atoms with E-state index in [-0.39, 0.29) is 12.0 Å². The topological polar surface area (TPSA) is 26.0 Å². The maximum absolute atomic E-state index is 13.6. The number of halogens is 4. The molecule has 0 fully saturated rings. The fourth-order valence-electron chi connectivity index (χ4n) is 2.05. The quantitative estimate of drug-likeness (QED) is 0.890. The Hall–Kier alpha value is -1.16. The summed E-state index contributed by atoms with van der Waals surface area (Å²) in [5.74, 6) is -1.72. The molecule has 106 valence electrons. The molecule has 5 heteroatoms. The van der Waals surface area contributed by atoms with E-state index in [9.17, 15) is 8.78 Å². The minimum Gasteiger partial charge on any atom is -0.327 e. The largest absolute Gasteiger partial charge is 0.327 e. The normalized spacial score (nSPS) is 12.4. The van der Waals surface area contributed by atoms with Crippen LogP contribution in [-0.4, -0.2) is 6.04 Å². The van der Waals surface area contributed by atoms with Crippen LogP contribution in [-0.2, 0) is 12.8 Å². The molecule has 0 aliphatic heterocycles. The molecule has 2 aromatic rings. The van der Waals surface area contributed by atoms with E-state index in [1.807, 2.05) is 0 Å². The van der Waals surface area contributed by atoms with Gasteiger partial charge in [0.2, 0.25) is 0 Å². The first-order chi connectivity index (χ1) is 9.49. The highest BCUT2D eigenvalue weighted by molar-refractivity contribution is 6.36. The van der Waals surface area contributed by atoms with E-state index < -0.39 is 17.7 Å². The van der Waals surface area contributed by atoms with Gasteiger partial charge in [0.05, 0.1) is 0 Å². The Kier molecular flexibility index (Phi) is 4.97. The third kappa shape index (κ3) is 3.48. The van der Waals surface area contributed by atoms with Crippen LogP contribution in [0.4, 0.5) is 8.78 Å². The molecule has 2 aromatic carbocycles. The highest BCUT2D eigenvalue weighted by Crippen LogP contribution is 2.26. The van der Waals surface area contributed by atoms with Crippen molar-refractivity contribution in [2.45, 2.75) is 18.9 Å². The molecule has 0 spiro atoms. The lowest BCUT2D eigenvalue weighted by molar-refractivity contribution is 0.492. The molecule has 1 unspecified atom stereocenters. The van der Waals surface area contributed by atoms with Gasteiger partial charge in [-0.1, -0.05) is 41.4 Å². The van der Waals surface area contributed by atoms with Gasteiger partial charge in [-0.2, -0.15) is 0 Å². The minimum absolute atomic E-state index is 0.213. The predicted octanol–water partition coefficient (Wildman–Crippen LogP) is 4.38. The molecule has 2 rings (SSSR count). The van der Waals surface area contributed by atoms with Gasteiger partial charge in [0.15, 0.2) is 11.6 Å². The Morgan fingerprint density at radius 1 is 0.950 bits per heavy atom. The van der Waals surface area contributed by atoms with E-state index in [0.717, 1.165) is 11.6 Å². The number of nitrogens with two attached hydrogens (primary N) is 1. The zero-order chi connectivity index (χ0) is 14.7. The van der Waals surface area contributed by atoms with Gasteiger partial charge in [-0.3, -0.25) is 0 Å². The fourth-order valence-corrected chi connectivity index (χ4v) is 2.60. The van der Waals surface area contributed by atoms with E-state index >= 15 is 0 Å². The van der Waals surface area contributed by atoms with Crippen LogP contribution in [0.25, 0.3) is 0 Å². The van der Waals surface area contributed by atoms with Gasteiger partial charge >= 0.3 is 0 Å². The lowest BCUT2D eigenvalue weighted by atomic mass is 9.99. The highest BCUT2D eigenvalue weighted by atomic mass is 35.5. The van der Waals surface area contributed by atoms with Gasteiger partial charge in [-0.05, 0) is 42.2 Å². The van der Waals surface area contributed by atoms with Crippen molar-refractivity contribution in [3.8, 4) is 0 Å². The first-order valence-electron chi connectivity index (χ1n) is 6.10. The minimum atomic E-state index is -0.870. The zero-order valence-corrected chi connectivity index (χ0v) is 12.1. The van der Waals surface area contributed by atoms with Gasteiger partial charge in [0.25, 0.3) is 0 Å². The molecule has 2 N–H and O–H groups in total. The Morgan fingerprint density at radius 3 is 2.20 bits per heavy atom. The lowest BCUT2D eigenvalue weighted by Gasteiger charge is -2.14. The standard InChI is InChI=1S/C15H13Cl2F2N/c16-12-4-2-5-13(17)11(12)8-10(20)7-9-3-1-6-14(18)15(9)19/h1-6,10H,7-8,20H2. The van der Waals surface area contributed by atoms with Crippen molar-refractivity contribution in [1.29, 1.82) is 0 Å². The first kappa shape index (κ1) is 15.2. The molecule has 0 aliphatic carbocycles. The van der Waals surface area contributed by atoms with Crippen molar-refractivity contribution < 1.29 is 8.78 Å². The Balaban J connectivity index is 2.13. The molecular weight excluding hydrogens is 303 g/mol. The van der Waals surface area contributed by atoms with Gasteiger partial charge in [-0.25, -0.2) is 8.78 Å². The molecule has 0 bridgehead atoms. The molecule has 20 heavy (non-hydrogen) atoms. The monoisotopic (exact) mass is 315 g/mol. The fraction of sp³-hybridized carbons (Fsp3) is 0.200. The number of hydrogen-bond donors (Lipinski definition) is 1. The maximum Gasteiger partial charge on any atom is 0.162 e. The van der Waals surface area contributed by atoms with E-state index in [1.54, 1.807) is 18.2 Å². The average Bonchev–Trinajstić information content (AvgIpc) is 2.39. The predicted molar refractivity (Wildman–Crippen MR) is 78.2 cm³/mol. The van der Waals surface area contributed by atoms with Crippen molar-refractivity contribution in [3.05, 3.63) is 69.2 Å². The Labute approximate surface area is 126 Å². The third-order valence-corrected chi connectivity index (χ3v) is 3.75. The molecule has 0 radical (unpaired) electrons. The van der Waals surface area contributed by atoms with Gasteiger partial charge in [0, 0.05) is 16.1 Å². The molecule has 0 aromatic heterocycles. The van der Waals surface area contributed by atoms with E-state index in [0.29, 0.717) is 16.5 Å². The SMILES string of the molecule is NC(Cc1cccc(F)c1F)Cc1c(Cl)cccc1Cl. The van der Waals surface area contributed by atoms with Gasteiger partial charge in [-0.15, -0.1) is 0 Å². The molecule has 1 atom stereocenters. The van der Waals surface area contributed by atoms with Crippen LogP contribution in [0.2, 0.25) is 10.0 Å². The van der Waals surface area contributed by atoms with Crippen LogP contribution in [0.3, 0.4) is 0 Å². The van der Waals surface area contributed by atoms with Crippen LogP contribution in [0, 0.1) is 11.6 Å². The van der Waals surface area contributed by atoms with E-state index in [4.69, 9.17) is 28.9 Å². The highest BCUT2D eigenvalue weighted by Gasteiger charge is 2.14. The van der Waals surface area contributed by atoms with Crippen molar-refractivity contribution in [1.82, 2.24) is 0 Å². The molecule has 0 aliphatic rings. The first-order valence-corrected chi connectivity index (χ1v) is 6.86. The van der Waals surface area contributed by atoms with E-state index in [1.165, 1.54) is 12.1 Å². The summed E-state index contributed by atoms with van der Waals surface area (Å²) >= 11 is 12.1. The smallest absolute Gasteiger partial charge is 0.162 e. The summed E-state index contributed by atoms with van der Waals surface area (Å²) in [6, 6.07) is 8.84. The van der Waals surface area contributed by atoms with Crippen molar-refractivity contribution >= 4 is 23.2 Å². The third-order valence-electron chi connectivity index (χ3n) is 3.04. The van der Waals surface area contributed by atoms with Crippen LogP contribution in [0.5, 0.6) is 0 Å². The summed E-state index contributed by atoms with van der Waals surface area (Å²) in [6.45, 7) is 0. The number of hydrogen-bond acceptors (Lipinski definition) is 1. The molecule has 0 amide bonds. The molecule has 0 saturated heterocycles. The molecule has 0 saturated carbocycles. The second-order valence-electron chi connectivity index (χ2n) is 4.58. The maximum atomic E-state index is 13.6. The summed E-state index contributed by atoms with van der Waals surface area (Å²) in [4.78, 5) is 0. The van der Waals surface area contributed by atoms with Crippen molar-refractivity contribution in [3.63, 3.8) is 0 Å². The Bertz CT molecular complexity index is 597. The van der Waals surface area contributed by atoms with E-state index in [2.05, 4.69) is 0 Å². The van der Waals surface area contributed by atoms with Gasteiger partial charge in [0.1, 0.15) is 0 Å². The van der Waals surface area contributed by atoms with Gasteiger partial charge < -0.3 is 5.73 Å². The van der Waals surface area contributed by atoms with Crippen LogP contribution < -0.4 is 5.73 Å². The summed E-state index contributed by atoms with van der Waals surface area (Å²) in [5.41, 5.74) is 6.96. The second kappa shape index (κ2) is 6.53. The zero-order valence-electron chi connectivity index (χ0n) is 10.5. The van der Waals surface area contributed by atoms with Crippen LogP contribution in [0.15, 0.2) is 36.4 Å². The summed E-state index contributed by atoms with van der Waals surface area (Å²) in [6.07, 6.45) is 0.611. The molecule has 1 nitrogen and oxygen atoms in total. The summed E-state index contributed by atoms with van der Waals surface area (Å²) < 4.78 is 26.7. The second-order valence-corrected chi connectivity index (χ2v) is 5.40. The number of rotatable bonds is 4. The summed E-state index contributed by atoms with van der Waals surface area (Å²) in [7, 11) is 0. The van der Waals surface area contributed by atoms with Crippen LogP contribution >= 0.6 is 23.2 Å². The van der Waals surface area contributed by atoms with Crippen molar-refractivity contribution in [2.75, 3.05) is 0 Å². The average molecular weight is 316 g/mol. The summed E-state index contributed by atoms with van der Waals surface area (Å²) in [5, 5.41) is 1.04.